The maximum Gasteiger partial charge on any atom is 0.259 e. The number of hydrogen-bond donors (Lipinski definition) is 2. The predicted octanol–water partition coefficient (Wildman–Crippen LogP) is 1.39. The number of nitrogens with one attached hydrogen (secondary N) is 1. The Kier molecular flexibility index (Phi) is 3.56. The van der Waals surface area contributed by atoms with E-state index in [1.807, 2.05) is 6.92 Å². The fraction of sp³-hybridized carbons (Fsp3) is 0.214. The maximum atomic E-state index is 12.3. The topological polar surface area (TPSA) is 90.0 Å². The molecule has 104 valence electrons. The van der Waals surface area contributed by atoms with Gasteiger partial charge in [-0.25, -0.2) is 0 Å². The van der Waals surface area contributed by atoms with E-state index >= 15 is 0 Å². The van der Waals surface area contributed by atoms with Gasteiger partial charge in [0.25, 0.3) is 11.8 Å². The molecule has 1 heterocycles. The molecule has 0 aliphatic rings. The van der Waals surface area contributed by atoms with Gasteiger partial charge in [0, 0.05) is 12.7 Å². The van der Waals surface area contributed by atoms with Crippen LogP contribution in [0.5, 0.6) is 0 Å². The van der Waals surface area contributed by atoms with Gasteiger partial charge in [-0.2, -0.15) is 5.10 Å². The fourth-order valence-corrected chi connectivity index (χ4v) is 2.09. The number of nitrogens with two attached hydrogens (primary N) is 1. The Morgan fingerprint density at radius 2 is 1.90 bits per heavy atom. The summed E-state index contributed by atoms with van der Waals surface area (Å²) in [7, 11) is 1.77. The first-order chi connectivity index (χ1) is 9.41. The van der Waals surface area contributed by atoms with E-state index in [-0.39, 0.29) is 11.5 Å². The van der Waals surface area contributed by atoms with Crippen molar-refractivity contribution in [1.82, 2.24) is 9.78 Å². The van der Waals surface area contributed by atoms with E-state index in [9.17, 15) is 9.59 Å². The van der Waals surface area contributed by atoms with E-state index in [0.29, 0.717) is 16.9 Å². The van der Waals surface area contributed by atoms with Crippen LogP contribution in [0.2, 0.25) is 0 Å². The van der Waals surface area contributed by atoms with Crippen LogP contribution in [0.15, 0.2) is 24.3 Å². The summed E-state index contributed by atoms with van der Waals surface area (Å²) in [6.45, 7) is 3.58. The third-order valence-corrected chi connectivity index (χ3v) is 3.18. The van der Waals surface area contributed by atoms with Crippen molar-refractivity contribution in [1.29, 1.82) is 0 Å². The Morgan fingerprint density at radius 1 is 1.25 bits per heavy atom. The van der Waals surface area contributed by atoms with Crippen molar-refractivity contribution in [2.24, 2.45) is 12.8 Å². The molecule has 2 amide bonds. The molecule has 1 aromatic carbocycles. The van der Waals surface area contributed by atoms with Crippen LogP contribution in [0.25, 0.3) is 0 Å². The molecular weight excluding hydrogens is 256 g/mol. The molecule has 3 N–H and O–H groups in total. The number of amides is 2. The normalized spacial score (nSPS) is 10.3. The lowest BCUT2D eigenvalue weighted by Gasteiger charge is -2.09. The molecule has 2 aromatic rings. The highest BCUT2D eigenvalue weighted by atomic mass is 16.2. The molecule has 0 aliphatic carbocycles. The number of hydrogen-bond acceptors (Lipinski definition) is 3. The van der Waals surface area contributed by atoms with Gasteiger partial charge in [-0.1, -0.05) is 12.1 Å². The number of aromatic nitrogens is 2. The molecule has 20 heavy (non-hydrogen) atoms. The molecule has 0 atom stereocenters. The fourth-order valence-electron chi connectivity index (χ4n) is 2.09. The molecule has 0 bridgehead atoms. The van der Waals surface area contributed by atoms with E-state index in [0.717, 1.165) is 5.69 Å². The van der Waals surface area contributed by atoms with Crippen molar-refractivity contribution < 1.29 is 9.59 Å². The maximum absolute atomic E-state index is 12.3. The Bertz CT molecular complexity index is 688. The number of primary amides is 1. The van der Waals surface area contributed by atoms with E-state index < -0.39 is 5.91 Å². The van der Waals surface area contributed by atoms with Crippen molar-refractivity contribution in [3.8, 4) is 0 Å². The summed E-state index contributed by atoms with van der Waals surface area (Å²) in [5, 5.41) is 6.91. The van der Waals surface area contributed by atoms with Gasteiger partial charge in [0.15, 0.2) is 0 Å². The molecule has 0 radical (unpaired) electrons. The molecular formula is C14H16N4O2. The molecule has 0 unspecified atom stereocenters. The largest absolute Gasteiger partial charge is 0.366 e. The zero-order valence-electron chi connectivity index (χ0n) is 11.6. The highest BCUT2D eigenvalue weighted by Crippen LogP contribution is 2.18. The molecule has 6 nitrogen and oxygen atoms in total. The zero-order chi connectivity index (χ0) is 14.9. The minimum Gasteiger partial charge on any atom is -0.366 e. The predicted molar refractivity (Wildman–Crippen MR) is 75.6 cm³/mol. The summed E-state index contributed by atoms with van der Waals surface area (Å²) >= 11 is 0. The van der Waals surface area contributed by atoms with Gasteiger partial charge >= 0.3 is 0 Å². The Balaban J connectivity index is 2.36. The SMILES string of the molecule is Cc1nn(C)c(C)c1C(=O)Nc1ccccc1C(N)=O. The van der Waals surface area contributed by atoms with Crippen molar-refractivity contribution in [3.63, 3.8) is 0 Å². The lowest BCUT2D eigenvalue weighted by atomic mass is 10.1. The van der Waals surface area contributed by atoms with Gasteiger partial charge in [0.1, 0.15) is 0 Å². The van der Waals surface area contributed by atoms with E-state index in [1.165, 1.54) is 0 Å². The number of aryl methyl sites for hydroxylation is 2. The highest BCUT2D eigenvalue weighted by Gasteiger charge is 2.19. The molecule has 0 spiro atoms. The second-order valence-corrected chi connectivity index (χ2v) is 4.53. The highest BCUT2D eigenvalue weighted by molar-refractivity contribution is 6.09. The summed E-state index contributed by atoms with van der Waals surface area (Å²) in [6, 6.07) is 6.63. The number of carbonyl (C=O) groups excluding carboxylic acids is 2. The average molecular weight is 272 g/mol. The molecule has 6 heteroatoms. The van der Waals surface area contributed by atoms with Crippen LogP contribution in [0.4, 0.5) is 5.69 Å². The van der Waals surface area contributed by atoms with Crippen LogP contribution in [0.3, 0.4) is 0 Å². The van der Waals surface area contributed by atoms with Crippen LogP contribution < -0.4 is 11.1 Å². The van der Waals surface area contributed by atoms with Crippen molar-refractivity contribution in [3.05, 3.63) is 46.8 Å². The smallest absolute Gasteiger partial charge is 0.259 e. The molecule has 0 saturated carbocycles. The number of anilines is 1. The van der Waals surface area contributed by atoms with Gasteiger partial charge in [0.2, 0.25) is 0 Å². The summed E-state index contributed by atoms with van der Waals surface area (Å²) in [5.41, 5.74) is 7.86. The number of benzene rings is 1. The molecule has 2 rings (SSSR count). The van der Waals surface area contributed by atoms with Crippen molar-refractivity contribution in [2.45, 2.75) is 13.8 Å². The Hall–Kier alpha value is -2.63. The molecule has 0 aliphatic heterocycles. The molecule has 1 aromatic heterocycles. The van der Waals surface area contributed by atoms with E-state index in [4.69, 9.17) is 5.73 Å². The van der Waals surface area contributed by atoms with Crippen molar-refractivity contribution >= 4 is 17.5 Å². The minimum absolute atomic E-state index is 0.278. The standard InChI is InChI=1S/C14H16N4O2/c1-8-12(9(2)18(3)17-8)14(20)16-11-7-5-4-6-10(11)13(15)19/h4-7H,1-3H3,(H2,15,19)(H,16,20). The second kappa shape index (κ2) is 5.16. The zero-order valence-corrected chi connectivity index (χ0v) is 11.6. The first-order valence-electron chi connectivity index (χ1n) is 6.12. The van der Waals surface area contributed by atoms with Crippen LogP contribution in [0.1, 0.15) is 32.1 Å². The minimum atomic E-state index is -0.583. The van der Waals surface area contributed by atoms with Crippen LogP contribution in [0, 0.1) is 13.8 Å². The summed E-state index contributed by atoms with van der Waals surface area (Å²) in [4.78, 5) is 23.7. The Morgan fingerprint density at radius 3 is 2.45 bits per heavy atom. The average Bonchev–Trinajstić information content (AvgIpc) is 2.63. The summed E-state index contributed by atoms with van der Waals surface area (Å²) in [6.07, 6.45) is 0. The van der Waals surface area contributed by atoms with Gasteiger partial charge < -0.3 is 11.1 Å². The quantitative estimate of drug-likeness (QED) is 0.884. The number of carbonyl (C=O) groups is 2. The van der Waals surface area contributed by atoms with Gasteiger partial charge in [0.05, 0.1) is 22.5 Å². The van der Waals surface area contributed by atoms with Gasteiger partial charge in [-0.15, -0.1) is 0 Å². The third kappa shape index (κ3) is 2.40. The summed E-state index contributed by atoms with van der Waals surface area (Å²) < 4.78 is 1.64. The lowest BCUT2D eigenvalue weighted by molar-refractivity contribution is 0.100. The van der Waals surface area contributed by atoms with E-state index in [2.05, 4.69) is 10.4 Å². The van der Waals surface area contributed by atoms with Gasteiger partial charge in [-0.05, 0) is 26.0 Å². The van der Waals surface area contributed by atoms with E-state index in [1.54, 1.807) is 42.9 Å². The van der Waals surface area contributed by atoms with Gasteiger partial charge in [-0.3, -0.25) is 14.3 Å². The molecule has 0 fully saturated rings. The van der Waals surface area contributed by atoms with Crippen LogP contribution in [-0.2, 0) is 7.05 Å². The monoisotopic (exact) mass is 272 g/mol. The second-order valence-electron chi connectivity index (χ2n) is 4.53. The first-order valence-corrected chi connectivity index (χ1v) is 6.12. The van der Waals surface area contributed by atoms with Crippen molar-refractivity contribution in [2.75, 3.05) is 5.32 Å². The lowest BCUT2D eigenvalue weighted by Crippen LogP contribution is -2.19. The number of nitrogens with zero attached hydrogens (tertiary/aromatic N) is 2. The number of para-hydroxylation sites is 1. The van der Waals surface area contributed by atoms with Crippen LogP contribution >= 0.6 is 0 Å². The first kappa shape index (κ1) is 13.8. The number of rotatable bonds is 3. The van der Waals surface area contributed by atoms with Crippen LogP contribution in [-0.4, -0.2) is 21.6 Å². The molecule has 0 saturated heterocycles. The summed E-state index contributed by atoms with van der Waals surface area (Å²) in [5.74, 6) is -0.887. The Labute approximate surface area is 116 Å². The third-order valence-electron chi connectivity index (χ3n) is 3.18.